The first-order valence-electron chi connectivity index (χ1n) is 36.7. The molecule has 0 aromatic rings. The average Bonchev–Trinajstić information content (AvgIpc) is 3.69. The van der Waals surface area contributed by atoms with Crippen LogP contribution in [0.5, 0.6) is 0 Å². The van der Waals surface area contributed by atoms with Gasteiger partial charge in [0.25, 0.3) is 0 Å². The van der Waals surface area contributed by atoms with Crippen molar-refractivity contribution >= 4 is 39.5 Å². The monoisotopic (exact) mass is 1320 g/mol. The van der Waals surface area contributed by atoms with Gasteiger partial charge in [0.2, 0.25) is 0 Å². The van der Waals surface area contributed by atoms with Gasteiger partial charge in [-0.3, -0.25) is 37.3 Å². The minimum atomic E-state index is -4.95. The standard InChI is InChI=1S/C71H138O17P2/c1-9-64(8)50-42-34-25-19-14-16-22-28-38-46-54-71(76)88-67(58-82-69(74)52-44-36-30-29-33-41-49-63(6)7)60-86-90(79,80)84-56-65(72)55-83-89(77,78)85-59-66(57-81-68(73)51-43-35-26-20-15-13-18-24-32-40-48-62(4)5)87-70(75)53-45-37-27-21-12-10-11-17-23-31-39-47-61(2)3/h61-67,72H,9-60H2,1-8H3,(H,77,78)(H,79,80)/t64?,65-,66-,67-/m1/s1. The number of esters is 4. The number of unbranched alkanes of at least 4 members (excludes halogenated alkanes) is 33. The molecule has 0 spiro atoms. The van der Waals surface area contributed by atoms with E-state index in [0.29, 0.717) is 31.6 Å². The van der Waals surface area contributed by atoms with E-state index < -0.39 is 97.5 Å². The molecule has 0 aromatic carbocycles. The molecule has 0 saturated carbocycles. The molecule has 0 saturated heterocycles. The van der Waals surface area contributed by atoms with Gasteiger partial charge in [-0.25, -0.2) is 9.13 Å². The Morgan fingerprint density at radius 3 is 0.789 bits per heavy atom. The van der Waals surface area contributed by atoms with E-state index in [2.05, 4.69) is 55.4 Å². The summed E-state index contributed by atoms with van der Waals surface area (Å²) in [5.74, 6) is 0.877. The smallest absolute Gasteiger partial charge is 0.462 e. The van der Waals surface area contributed by atoms with Crippen LogP contribution in [0.1, 0.15) is 351 Å². The predicted octanol–water partition coefficient (Wildman–Crippen LogP) is 20.1. The van der Waals surface area contributed by atoms with Crippen LogP contribution < -0.4 is 0 Å². The molecule has 17 nitrogen and oxygen atoms in total. The topological polar surface area (TPSA) is 237 Å². The Labute approximate surface area is 549 Å². The number of aliphatic hydroxyl groups is 1. The van der Waals surface area contributed by atoms with Crippen LogP contribution in [0.25, 0.3) is 0 Å². The number of carbonyl (C=O) groups is 4. The molecule has 0 rings (SSSR count). The lowest BCUT2D eigenvalue weighted by Gasteiger charge is -2.21. The zero-order valence-corrected chi connectivity index (χ0v) is 60.6. The minimum absolute atomic E-state index is 0.105. The molecule has 3 unspecified atom stereocenters. The molecular weight excluding hydrogens is 1190 g/mol. The number of rotatable bonds is 68. The molecule has 0 aliphatic rings. The highest BCUT2D eigenvalue weighted by molar-refractivity contribution is 7.47. The molecule has 3 N–H and O–H groups in total. The molecule has 0 aromatic heterocycles. The third kappa shape index (κ3) is 63.5. The maximum atomic E-state index is 13.0. The van der Waals surface area contributed by atoms with E-state index in [-0.39, 0.29) is 25.7 Å². The first-order valence-corrected chi connectivity index (χ1v) is 39.7. The molecule has 19 heteroatoms. The highest BCUT2D eigenvalue weighted by Crippen LogP contribution is 2.45. The average molecular weight is 1330 g/mol. The van der Waals surface area contributed by atoms with Gasteiger partial charge in [0, 0.05) is 25.7 Å². The van der Waals surface area contributed by atoms with Crippen LogP contribution in [0.3, 0.4) is 0 Å². The second-order valence-corrected chi connectivity index (χ2v) is 30.2. The van der Waals surface area contributed by atoms with E-state index in [1.165, 1.54) is 148 Å². The predicted molar refractivity (Wildman–Crippen MR) is 363 cm³/mol. The zero-order valence-electron chi connectivity index (χ0n) is 58.8. The summed E-state index contributed by atoms with van der Waals surface area (Å²) < 4.78 is 68.3. The fourth-order valence-electron chi connectivity index (χ4n) is 10.6. The van der Waals surface area contributed by atoms with Crippen molar-refractivity contribution in [3.63, 3.8) is 0 Å². The quantitative estimate of drug-likeness (QED) is 0.0222. The van der Waals surface area contributed by atoms with E-state index in [1.807, 2.05) is 0 Å². The summed E-state index contributed by atoms with van der Waals surface area (Å²) in [6.07, 6.45) is 43.1. The second kappa shape index (κ2) is 60.7. The van der Waals surface area contributed by atoms with Gasteiger partial charge in [0.05, 0.1) is 26.4 Å². The second-order valence-electron chi connectivity index (χ2n) is 27.3. The fourth-order valence-corrected chi connectivity index (χ4v) is 12.2. The SMILES string of the molecule is CCC(C)CCCCCCCCCCCCC(=O)O[C@H](COC(=O)CCCCCCCCC(C)C)COP(=O)(O)OC[C@H](O)COP(=O)(O)OC[C@@H](COC(=O)CCCCCCCCCCCCC(C)C)OC(=O)CCCCCCCCCCCCCC(C)C. The lowest BCUT2D eigenvalue weighted by Crippen LogP contribution is -2.30. The van der Waals surface area contributed by atoms with Crippen molar-refractivity contribution in [1.29, 1.82) is 0 Å². The molecule has 0 amide bonds. The first kappa shape index (κ1) is 88.1. The van der Waals surface area contributed by atoms with Crippen molar-refractivity contribution in [2.24, 2.45) is 23.7 Å². The summed E-state index contributed by atoms with van der Waals surface area (Å²) in [5, 5.41) is 10.6. The summed E-state index contributed by atoms with van der Waals surface area (Å²) in [7, 11) is -9.90. The van der Waals surface area contributed by atoms with Crippen molar-refractivity contribution in [3.8, 4) is 0 Å². The van der Waals surface area contributed by atoms with E-state index in [9.17, 15) is 43.2 Å². The molecule has 534 valence electrons. The fraction of sp³-hybridized carbons (Fsp3) is 0.944. The molecule has 90 heavy (non-hydrogen) atoms. The summed E-state index contributed by atoms with van der Waals surface area (Å²) in [5.41, 5.74) is 0. The van der Waals surface area contributed by atoms with Gasteiger partial charge in [-0.05, 0) is 49.4 Å². The first-order chi connectivity index (χ1) is 43.1. The summed E-state index contributed by atoms with van der Waals surface area (Å²) in [6, 6.07) is 0. The lowest BCUT2D eigenvalue weighted by molar-refractivity contribution is -0.161. The molecular formula is C71H138O17P2. The molecule has 0 radical (unpaired) electrons. The Hall–Kier alpha value is -1.94. The molecule has 0 heterocycles. The Kier molecular flexibility index (Phi) is 59.4. The lowest BCUT2D eigenvalue weighted by atomic mass is 9.99. The normalized spacial score (nSPS) is 14.6. The van der Waals surface area contributed by atoms with Crippen LogP contribution in [0.15, 0.2) is 0 Å². The van der Waals surface area contributed by atoms with E-state index >= 15 is 0 Å². The van der Waals surface area contributed by atoms with Gasteiger partial charge in [0.1, 0.15) is 19.3 Å². The number of hydrogen-bond donors (Lipinski definition) is 3. The minimum Gasteiger partial charge on any atom is -0.462 e. The summed E-state index contributed by atoms with van der Waals surface area (Å²) >= 11 is 0. The van der Waals surface area contributed by atoms with Crippen molar-refractivity contribution in [2.45, 2.75) is 369 Å². The van der Waals surface area contributed by atoms with Crippen molar-refractivity contribution < 1.29 is 80.2 Å². The summed E-state index contributed by atoms with van der Waals surface area (Å²) in [6.45, 7) is 14.1. The highest BCUT2D eigenvalue weighted by Gasteiger charge is 2.30. The number of phosphoric acid groups is 2. The molecule has 0 aliphatic carbocycles. The van der Waals surface area contributed by atoms with E-state index in [1.54, 1.807) is 0 Å². The third-order valence-electron chi connectivity index (χ3n) is 16.7. The van der Waals surface area contributed by atoms with Crippen LogP contribution in [-0.4, -0.2) is 96.7 Å². The molecule has 6 atom stereocenters. The Morgan fingerprint density at radius 1 is 0.311 bits per heavy atom. The van der Waals surface area contributed by atoms with Crippen LogP contribution >= 0.6 is 15.6 Å². The van der Waals surface area contributed by atoms with Gasteiger partial charge >= 0.3 is 39.5 Å². The summed E-state index contributed by atoms with van der Waals surface area (Å²) in [4.78, 5) is 72.6. The van der Waals surface area contributed by atoms with Gasteiger partial charge in [0.15, 0.2) is 12.2 Å². The van der Waals surface area contributed by atoms with E-state index in [0.717, 1.165) is 114 Å². The van der Waals surface area contributed by atoms with Gasteiger partial charge in [-0.15, -0.1) is 0 Å². The van der Waals surface area contributed by atoms with Gasteiger partial charge < -0.3 is 33.8 Å². The Bertz CT molecular complexity index is 1780. The molecule has 0 aliphatic heterocycles. The number of ether oxygens (including phenoxy) is 4. The number of carbonyl (C=O) groups excluding carboxylic acids is 4. The Morgan fingerprint density at radius 2 is 0.533 bits per heavy atom. The third-order valence-corrected chi connectivity index (χ3v) is 18.6. The van der Waals surface area contributed by atoms with Crippen LogP contribution in [0.4, 0.5) is 0 Å². The Balaban J connectivity index is 5.26. The molecule has 0 bridgehead atoms. The maximum Gasteiger partial charge on any atom is 0.472 e. The largest absolute Gasteiger partial charge is 0.472 e. The van der Waals surface area contributed by atoms with Crippen molar-refractivity contribution in [3.05, 3.63) is 0 Å². The zero-order chi connectivity index (χ0) is 66.8. The van der Waals surface area contributed by atoms with E-state index in [4.69, 9.17) is 37.0 Å². The molecule has 0 fully saturated rings. The number of aliphatic hydroxyl groups excluding tert-OH is 1. The maximum absolute atomic E-state index is 13.0. The van der Waals surface area contributed by atoms with Crippen molar-refractivity contribution in [1.82, 2.24) is 0 Å². The highest BCUT2D eigenvalue weighted by atomic mass is 31.2. The van der Waals surface area contributed by atoms with Crippen molar-refractivity contribution in [2.75, 3.05) is 39.6 Å². The van der Waals surface area contributed by atoms with Crippen LogP contribution in [0, 0.1) is 23.7 Å². The van der Waals surface area contributed by atoms with Gasteiger partial charge in [-0.2, -0.15) is 0 Å². The van der Waals surface area contributed by atoms with Crippen LogP contribution in [0.2, 0.25) is 0 Å². The number of hydrogen-bond acceptors (Lipinski definition) is 15. The number of phosphoric ester groups is 2. The van der Waals surface area contributed by atoms with Crippen LogP contribution in [-0.2, 0) is 65.4 Å². The van der Waals surface area contributed by atoms with Gasteiger partial charge in [-0.1, -0.05) is 299 Å².